The van der Waals surface area contributed by atoms with E-state index in [1.54, 1.807) is 7.11 Å². The highest BCUT2D eigenvalue weighted by Gasteiger charge is 2.24. The van der Waals surface area contributed by atoms with Crippen molar-refractivity contribution in [3.8, 4) is 5.75 Å². The number of hydrogen-bond donors (Lipinski definition) is 2. The van der Waals surface area contributed by atoms with Crippen molar-refractivity contribution in [2.75, 3.05) is 53.6 Å². The minimum absolute atomic E-state index is 0.336. The van der Waals surface area contributed by atoms with Crippen molar-refractivity contribution in [3.63, 3.8) is 0 Å². The SMILES string of the molecule is CN=C(NCCOCC1CC1)NCC(c1ccc(OC)cc1)N1CCCC1. The van der Waals surface area contributed by atoms with Crippen molar-refractivity contribution < 1.29 is 9.47 Å². The Hall–Kier alpha value is -1.79. The lowest BCUT2D eigenvalue weighted by Crippen LogP contribution is -2.43. The van der Waals surface area contributed by atoms with Crippen LogP contribution in [0.1, 0.15) is 37.3 Å². The Morgan fingerprint density at radius 1 is 1.19 bits per heavy atom. The van der Waals surface area contributed by atoms with Crippen LogP contribution in [0.15, 0.2) is 29.3 Å². The van der Waals surface area contributed by atoms with Crippen molar-refractivity contribution in [2.45, 2.75) is 31.7 Å². The Morgan fingerprint density at radius 3 is 2.56 bits per heavy atom. The lowest BCUT2D eigenvalue weighted by molar-refractivity contribution is 0.129. The molecule has 1 aliphatic carbocycles. The number of nitrogens with one attached hydrogen (secondary N) is 2. The largest absolute Gasteiger partial charge is 0.497 e. The minimum Gasteiger partial charge on any atom is -0.497 e. The second kappa shape index (κ2) is 10.5. The average molecular weight is 375 g/mol. The third-order valence-corrected chi connectivity index (χ3v) is 5.36. The molecule has 0 bridgehead atoms. The molecule has 1 atom stereocenters. The number of methoxy groups -OCH3 is 1. The normalized spacial score (nSPS) is 19.1. The maximum absolute atomic E-state index is 5.69. The molecule has 1 aliphatic heterocycles. The predicted molar refractivity (Wildman–Crippen MR) is 109 cm³/mol. The molecule has 1 saturated heterocycles. The molecule has 0 amide bonds. The predicted octanol–water partition coefficient (Wildman–Crippen LogP) is 2.42. The van der Waals surface area contributed by atoms with Crippen LogP contribution in [0.5, 0.6) is 5.75 Å². The second-order valence-corrected chi connectivity index (χ2v) is 7.43. The Labute approximate surface area is 163 Å². The van der Waals surface area contributed by atoms with Gasteiger partial charge < -0.3 is 20.1 Å². The van der Waals surface area contributed by atoms with Gasteiger partial charge in [0.05, 0.1) is 19.8 Å². The summed E-state index contributed by atoms with van der Waals surface area (Å²) in [7, 11) is 3.52. The molecule has 0 spiro atoms. The molecule has 0 aromatic heterocycles. The van der Waals surface area contributed by atoms with Gasteiger partial charge in [0, 0.05) is 26.7 Å². The van der Waals surface area contributed by atoms with E-state index in [4.69, 9.17) is 9.47 Å². The summed E-state index contributed by atoms with van der Waals surface area (Å²) in [6.07, 6.45) is 5.22. The quantitative estimate of drug-likeness (QED) is 0.374. The molecule has 1 aromatic rings. The fourth-order valence-corrected chi connectivity index (χ4v) is 3.53. The fraction of sp³-hybridized carbons (Fsp3) is 0.667. The molecule has 150 valence electrons. The van der Waals surface area contributed by atoms with Crippen LogP contribution in [0, 0.1) is 5.92 Å². The first-order chi connectivity index (χ1) is 13.3. The number of aliphatic imine (C=N–C) groups is 1. The molecule has 1 saturated carbocycles. The van der Waals surface area contributed by atoms with Crippen molar-refractivity contribution in [1.82, 2.24) is 15.5 Å². The maximum atomic E-state index is 5.69. The highest BCUT2D eigenvalue weighted by molar-refractivity contribution is 5.79. The van der Waals surface area contributed by atoms with Gasteiger partial charge in [-0.05, 0) is 62.4 Å². The molecule has 1 unspecified atom stereocenters. The van der Waals surface area contributed by atoms with E-state index < -0.39 is 0 Å². The third kappa shape index (κ3) is 6.40. The summed E-state index contributed by atoms with van der Waals surface area (Å²) < 4.78 is 11.0. The van der Waals surface area contributed by atoms with Gasteiger partial charge in [-0.1, -0.05) is 12.1 Å². The topological polar surface area (TPSA) is 58.1 Å². The molecular formula is C21H34N4O2. The minimum atomic E-state index is 0.336. The monoisotopic (exact) mass is 374 g/mol. The Kier molecular flexibility index (Phi) is 7.78. The highest BCUT2D eigenvalue weighted by Crippen LogP contribution is 2.28. The van der Waals surface area contributed by atoms with E-state index in [9.17, 15) is 0 Å². The van der Waals surface area contributed by atoms with Gasteiger partial charge in [0.15, 0.2) is 5.96 Å². The number of likely N-dealkylation sites (tertiary alicyclic amines) is 1. The first-order valence-electron chi connectivity index (χ1n) is 10.2. The van der Waals surface area contributed by atoms with E-state index in [1.165, 1.54) is 31.2 Å². The van der Waals surface area contributed by atoms with Crippen molar-refractivity contribution in [3.05, 3.63) is 29.8 Å². The van der Waals surface area contributed by atoms with Gasteiger partial charge in [-0.2, -0.15) is 0 Å². The zero-order chi connectivity index (χ0) is 18.9. The first-order valence-corrected chi connectivity index (χ1v) is 10.2. The van der Waals surface area contributed by atoms with Crippen molar-refractivity contribution in [2.24, 2.45) is 10.9 Å². The summed E-state index contributed by atoms with van der Waals surface area (Å²) in [6.45, 7) is 5.55. The zero-order valence-corrected chi connectivity index (χ0v) is 16.7. The molecule has 2 aliphatic rings. The second-order valence-electron chi connectivity index (χ2n) is 7.43. The van der Waals surface area contributed by atoms with E-state index in [2.05, 4.69) is 32.7 Å². The van der Waals surface area contributed by atoms with Crippen LogP contribution in [-0.4, -0.2) is 64.4 Å². The molecule has 27 heavy (non-hydrogen) atoms. The van der Waals surface area contributed by atoms with Crippen LogP contribution >= 0.6 is 0 Å². The molecule has 2 N–H and O–H groups in total. The molecule has 6 heteroatoms. The molecule has 2 fully saturated rings. The Morgan fingerprint density at radius 2 is 1.93 bits per heavy atom. The highest BCUT2D eigenvalue weighted by atomic mass is 16.5. The molecular weight excluding hydrogens is 340 g/mol. The van der Waals surface area contributed by atoms with Gasteiger partial charge in [-0.15, -0.1) is 0 Å². The van der Waals surface area contributed by atoms with E-state index in [0.29, 0.717) is 6.04 Å². The number of hydrogen-bond acceptors (Lipinski definition) is 4. The van der Waals surface area contributed by atoms with Crippen molar-refractivity contribution in [1.29, 1.82) is 0 Å². The summed E-state index contributed by atoms with van der Waals surface area (Å²) >= 11 is 0. The van der Waals surface area contributed by atoms with Crippen LogP contribution < -0.4 is 15.4 Å². The number of benzene rings is 1. The summed E-state index contributed by atoms with van der Waals surface area (Å²) in [5.41, 5.74) is 1.31. The lowest BCUT2D eigenvalue weighted by atomic mass is 10.1. The van der Waals surface area contributed by atoms with Crippen LogP contribution in [0.25, 0.3) is 0 Å². The van der Waals surface area contributed by atoms with Gasteiger partial charge in [0.25, 0.3) is 0 Å². The van der Waals surface area contributed by atoms with E-state index in [1.807, 2.05) is 19.2 Å². The molecule has 6 nitrogen and oxygen atoms in total. The average Bonchev–Trinajstić information content (AvgIpc) is 3.38. The first kappa shape index (κ1) is 20.0. The lowest BCUT2D eigenvalue weighted by Gasteiger charge is -2.29. The van der Waals surface area contributed by atoms with Crippen LogP contribution in [0.2, 0.25) is 0 Å². The Bertz CT molecular complexity index is 580. The van der Waals surface area contributed by atoms with E-state index >= 15 is 0 Å². The molecule has 0 radical (unpaired) electrons. The summed E-state index contributed by atoms with van der Waals surface area (Å²) in [5, 5.41) is 6.85. The summed E-state index contributed by atoms with van der Waals surface area (Å²) in [6, 6.07) is 8.77. The van der Waals surface area contributed by atoms with Crippen molar-refractivity contribution >= 4 is 5.96 Å². The smallest absolute Gasteiger partial charge is 0.191 e. The number of rotatable bonds is 10. The third-order valence-electron chi connectivity index (χ3n) is 5.36. The summed E-state index contributed by atoms with van der Waals surface area (Å²) in [4.78, 5) is 6.91. The van der Waals surface area contributed by atoms with Crippen LogP contribution in [-0.2, 0) is 4.74 Å². The van der Waals surface area contributed by atoms with Crippen LogP contribution in [0.3, 0.4) is 0 Å². The van der Waals surface area contributed by atoms with E-state index in [0.717, 1.165) is 57.0 Å². The van der Waals surface area contributed by atoms with E-state index in [-0.39, 0.29) is 0 Å². The number of nitrogens with zero attached hydrogens (tertiary/aromatic N) is 2. The van der Waals surface area contributed by atoms with Crippen LogP contribution in [0.4, 0.5) is 0 Å². The molecule has 1 heterocycles. The fourth-order valence-electron chi connectivity index (χ4n) is 3.53. The molecule has 3 rings (SSSR count). The standard InChI is InChI=1S/C21H34N4O2/c1-22-21(23-11-14-27-16-17-5-6-17)24-15-20(25-12-3-4-13-25)18-7-9-19(26-2)10-8-18/h7-10,17,20H,3-6,11-16H2,1-2H3,(H2,22,23,24). The zero-order valence-electron chi connectivity index (χ0n) is 16.7. The van der Waals surface area contributed by atoms with Gasteiger partial charge in [-0.3, -0.25) is 9.89 Å². The number of guanidine groups is 1. The van der Waals surface area contributed by atoms with Gasteiger partial charge in [0.2, 0.25) is 0 Å². The van der Waals surface area contributed by atoms with Gasteiger partial charge in [0.1, 0.15) is 5.75 Å². The summed E-state index contributed by atoms with van der Waals surface area (Å²) in [5.74, 6) is 2.55. The Balaban J connectivity index is 1.49. The molecule has 1 aromatic carbocycles. The van der Waals surface area contributed by atoms with Gasteiger partial charge >= 0.3 is 0 Å². The van der Waals surface area contributed by atoms with Gasteiger partial charge in [-0.25, -0.2) is 0 Å². The maximum Gasteiger partial charge on any atom is 0.191 e. The number of ether oxygens (including phenoxy) is 2.